The maximum atomic E-state index is 13.0. The van der Waals surface area contributed by atoms with Crippen molar-refractivity contribution >= 4 is 64.1 Å². The number of halogens is 2. The van der Waals surface area contributed by atoms with E-state index in [9.17, 15) is 24.3 Å². The van der Waals surface area contributed by atoms with Crippen LogP contribution in [-0.2, 0) is 16.0 Å². The lowest BCUT2D eigenvalue weighted by Crippen LogP contribution is -2.47. The first-order chi connectivity index (χ1) is 21.9. The van der Waals surface area contributed by atoms with Gasteiger partial charge in [-0.25, -0.2) is 9.59 Å². The number of nitrogens with zero attached hydrogens (tertiary/aromatic N) is 3. The first-order valence-corrected chi connectivity index (χ1v) is 15.0. The van der Waals surface area contributed by atoms with Crippen LogP contribution in [0.3, 0.4) is 0 Å². The molecule has 1 aliphatic heterocycles. The lowest BCUT2D eigenvalue weighted by molar-refractivity contribution is -0.139. The molecular formula is C32H34Cl2N6O6. The highest BCUT2D eigenvalue weighted by Crippen LogP contribution is 2.27. The molecule has 0 fully saturated rings. The fraction of sp³-hybridized carbons (Fsp3) is 0.281. The number of hydrazone groups is 1. The topological polar surface area (TPSA) is 153 Å². The van der Waals surface area contributed by atoms with Crippen LogP contribution in [0.4, 0.5) is 16.2 Å². The van der Waals surface area contributed by atoms with Gasteiger partial charge in [0.1, 0.15) is 11.8 Å². The maximum absolute atomic E-state index is 13.0. The van der Waals surface area contributed by atoms with Gasteiger partial charge in [0.15, 0.2) is 0 Å². The van der Waals surface area contributed by atoms with Crippen LogP contribution in [0.1, 0.15) is 27.9 Å². The molecule has 4 amide bonds. The fourth-order valence-corrected chi connectivity index (χ4v) is 5.32. The van der Waals surface area contributed by atoms with Crippen molar-refractivity contribution in [3.63, 3.8) is 0 Å². The quantitative estimate of drug-likeness (QED) is 0.214. The van der Waals surface area contributed by atoms with E-state index in [1.807, 2.05) is 25.1 Å². The van der Waals surface area contributed by atoms with Crippen LogP contribution in [0, 0.1) is 6.92 Å². The Labute approximate surface area is 276 Å². The molecule has 0 radical (unpaired) electrons. The molecule has 46 heavy (non-hydrogen) atoms. The van der Waals surface area contributed by atoms with Crippen molar-refractivity contribution in [1.82, 2.24) is 15.2 Å². The summed E-state index contributed by atoms with van der Waals surface area (Å²) in [5, 5.41) is 24.0. The number of carbonyl (C=O) groups is 4. The minimum atomic E-state index is -1.27. The molecule has 12 nitrogen and oxygen atoms in total. The Bertz CT molecular complexity index is 1650. The molecule has 1 unspecified atom stereocenters. The Hall–Kier alpha value is -4.81. The molecule has 0 bridgehead atoms. The molecule has 0 aromatic heterocycles. The minimum Gasteiger partial charge on any atom is -0.495 e. The average Bonchev–Trinajstić information content (AvgIpc) is 3.45. The van der Waals surface area contributed by atoms with Gasteiger partial charge < -0.3 is 30.7 Å². The molecule has 0 aliphatic carbocycles. The van der Waals surface area contributed by atoms with Crippen LogP contribution in [0.15, 0.2) is 65.8 Å². The van der Waals surface area contributed by atoms with Gasteiger partial charge in [0.2, 0.25) is 5.91 Å². The molecule has 4 rings (SSSR count). The van der Waals surface area contributed by atoms with Crippen molar-refractivity contribution in [2.24, 2.45) is 5.10 Å². The van der Waals surface area contributed by atoms with Crippen LogP contribution in [-0.4, -0.2) is 84.4 Å². The third-order valence-corrected chi connectivity index (χ3v) is 7.87. The van der Waals surface area contributed by atoms with E-state index in [1.54, 1.807) is 42.4 Å². The second-order valence-corrected chi connectivity index (χ2v) is 11.5. The van der Waals surface area contributed by atoms with Crippen LogP contribution in [0.2, 0.25) is 10.0 Å². The van der Waals surface area contributed by atoms with E-state index in [0.717, 1.165) is 5.56 Å². The monoisotopic (exact) mass is 668 g/mol. The highest BCUT2D eigenvalue weighted by molar-refractivity contribution is 6.39. The molecule has 3 aromatic carbocycles. The third-order valence-electron chi connectivity index (χ3n) is 7.24. The number of rotatable bonds is 12. The second kappa shape index (κ2) is 15.5. The Balaban J connectivity index is 1.31. The van der Waals surface area contributed by atoms with E-state index in [1.165, 1.54) is 24.1 Å². The number of aryl methyl sites for hydroxylation is 1. The number of methoxy groups -OCH3 is 1. The number of likely N-dealkylation sites (N-methyl/N-ethyl adjacent to an activating group) is 1. The summed E-state index contributed by atoms with van der Waals surface area (Å²) >= 11 is 12.2. The molecule has 0 spiro atoms. The largest absolute Gasteiger partial charge is 0.495 e. The van der Waals surface area contributed by atoms with Gasteiger partial charge in [0.05, 0.1) is 53.6 Å². The predicted molar refractivity (Wildman–Crippen MR) is 177 cm³/mol. The van der Waals surface area contributed by atoms with Crippen molar-refractivity contribution in [1.29, 1.82) is 0 Å². The van der Waals surface area contributed by atoms with Gasteiger partial charge in [0.25, 0.3) is 5.91 Å². The average molecular weight is 670 g/mol. The van der Waals surface area contributed by atoms with E-state index in [4.69, 9.17) is 27.9 Å². The van der Waals surface area contributed by atoms with Crippen molar-refractivity contribution < 1.29 is 29.0 Å². The number of amides is 4. The van der Waals surface area contributed by atoms with Crippen molar-refractivity contribution in [3.8, 4) is 5.75 Å². The fourth-order valence-electron chi connectivity index (χ4n) is 4.75. The molecule has 14 heteroatoms. The summed E-state index contributed by atoms with van der Waals surface area (Å²) in [6.07, 6.45) is 0.601. The Kier molecular flexibility index (Phi) is 11.4. The van der Waals surface area contributed by atoms with Gasteiger partial charge >= 0.3 is 12.0 Å². The second-order valence-electron chi connectivity index (χ2n) is 10.6. The number of nitrogens with one attached hydrogen (secondary N) is 3. The summed E-state index contributed by atoms with van der Waals surface area (Å²) in [6.45, 7) is 2.47. The minimum absolute atomic E-state index is 0.00464. The Morgan fingerprint density at radius 1 is 1.02 bits per heavy atom. The molecule has 242 valence electrons. The van der Waals surface area contributed by atoms with Gasteiger partial charge in [-0.1, -0.05) is 53.5 Å². The third kappa shape index (κ3) is 8.89. The summed E-state index contributed by atoms with van der Waals surface area (Å²) in [7, 11) is 3.14. The van der Waals surface area contributed by atoms with E-state index in [0.29, 0.717) is 41.4 Å². The lowest BCUT2D eigenvalue weighted by Gasteiger charge is -2.21. The molecule has 3 aromatic rings. The smallest absolute Gasteiger partial charge is 0.328 e. The summed E-state index contributed by atoms with van der Waals surface area (Å²) < 4.78 is 5.46. The van der Waals surface area contributed by atoms with Crippen molar-refractivity contribution in [3.05, 3.63) is 87.4 Å². The zero-order valence-corrected chi connectivity index (χ0v) is 27.0. The Morgan fingerprint density at radius 3 is 2.39 bits per heavy atom. The van der Waals surface area contributed by atoms with Gasteiger partial charge in [-0.15, -0.1) is 0 Å². The number of carbonyl (C=O) groups excluding carboxylic acids is 3. The first-order valence-electron chi connectivity index (χ1n) is 14.3. The maximum Gasteiger partial charge on any atom is 0.328 e. The lowest BCUT2D eigenvalue weighted by atomic mass is 10.1. The van der Waals surface area contributed by atoms with Gasteiger partial charge in [-0.3, -0.25) is 14.6 Å². The van der Waals surface area contributed by atoms with Gasteiger partial charge in [0, 0.05) is 25.7 Å². The molecule has 0 saturated heterocycles. The molecule has 1 atom stereocenters. The van der Waals surface area contributed by atoms with Crippen LogP contribution >= 0.6 is 23.2 Å². The number of aliphatic carboxylic acids is 1. The van der Waals surface area contributed by atoms with Crippen LogP contribution in [0.5, 0.6) is 5.75 Å². The van der Waals surface area contributed by atoms with Crippen LogP contribution < -0.4 is 20.7 Å². The zero-order valence-electron chi connectivity index (χ0n) is 25.5. The number of carboxylic acid groups (broad SMARTS) is 1. The van der Waals surface area contributed by atoms with Crippen molar-refractivity contribution in [2.75, 3.05) is 44.4 Å². The normalized spacial score (nSPS) is 13.0. The van der Waals surface area contributed by atoms with E-state index < -0.39 is 23.9 Å². The molecule has 0 saturated carbocycles. The predicted octanol–water partition coefficient (Wildman–Crippen LogP) is 4.90. The van der Waals surface area contributed by atoms with Crippen molar-refractivity contribution in [2.45, 2.75) is 25.8 Å². The standard InChI is InChI=1S/C32H34Cl2N6O6/c1-19-7-4-5-10-24(19)36-32(45)37-25-12-11-20(15-27(25)46-3)16-28(41)39(2)17-21-13-14-40(38-21)18-26(31(43)44)35-30(42)29-22(33)8-6-9-23(29)34/h4-12,15,26H,13-14,16-18H2,1-3H3,(H,35,42)(H,43,44)(H2,36,37,45). The van der Waals surface area contributed by atoms with E-state index in [2.05, 4.69) is 21.1 Å². The summed E-state index contributed by atoms with van der Waals surface area (Å²) in [5.41, 5.74) is 3.43. The molecule has 1 aliphatic rings. The molecule has 1 heterocycles. The number of hydrogen-bond acceptors (Lipinski definition) is 7. The number of urea groups is 1. The highest BCUT2D eigenvalue weighted by atomic mass is 35.5. The molecular weight excluding hydrogens is 635 g/mol. The number of ether oxygens (including phenoxy) is 1. The summed E-state index contributed by atoms with van der Waals surface area (Å²) in [4.78, 5) is 51.8. The SMILES string of the molecule is COc1cc(CC(=O)N(C)CC2=NN(CC(NC(=O)c3c(Cl)cccc3Cl)C(=O)O)CC2)ccc1NC(=O)Nc1ccccc1C. The van der Waals surface area contributed by atoms with E-state index >= 15 is 0 Å². The number of benzene rings is 3. The molecule has 4 N–H and O–H groups in total. The van der Waals surface area contributed by atoms with E-state index in [-0.39, 0.29) is 41.0 Å². The van der Waals surface area contributed by atoms with Crippen LogP contribution in [0.25, 0.3) is 0 Å². The number of carboxylic acids is 1. The summed E-state index contributed by atoms with van der Waals surface area (Å²) in [5.74, 6) is -1.71. The van der Waals surface area contributed by atoms with Gasteiger partial charge in [-0.05, 0) is 48.4 Å². The highest BCUT2D eigenvalue weighted by Gasteiger charge is 2.28. The number of hydrogen-bond donors (Lipinski definition) is 4. The Morgan fingerprint density at radius 2 is 1.72 bits per heavy atom. The van der Waals surface area contributed by atoms with Gasteiger partial charge in [-0.2, -0.15) is 5.10 Å². The zero-order chi connectivity index (χ0) is 33.4. The number of para-hydroxylation sites is 1. The number of anilines is 2. The summed E-state index contributed by atoms with van der Waals surface area (Å²) in [6, 6.07) is 15.4. The first kappa shape index (κ1) is 34.1.